The zero-order valence-corrected chi connectivity index (χ0v) is 22.0. The van der Waals surface area contributed by atoms with E-state index in [0.29, 0.717) is 44.6 Å². The Morgan fingerprint density at radius 3 is 2.46 bits per heavy atom. The van der Waals surface area contributed by atoms with Crippen LogP contribution in [0.1, 0.15) is 65.5 Å². The first-order valence-corrected chi connectivity index (χ1v) is 12.5. The van der Waals surface area contributed by atoms with Crippen molar-refractivity contribution in [2.45, 2.75) is 78.9 Å². The number of hydroxylamine groups is 1. The van der Waals surface area contributed by atoms with Gasteiger partial charge in [-0.25, -0.2) is 10.3 Å². The van der Waals surface area contributed by atoms with Crippen molar-refractivity contribution in [1.29, 1.82) is 0 Å². The summed E-state index contributed by atoms with van der Waals surface area (Å²) in [4.78, 5) is 30.1. The van der Waals surface area contributed by atoms with Gasteiger partial charge >= 0.3 is 5.97 Å². The fourth-order valence-corrected chi connectivity index (χ4v) is 3.68. The fraction of sp³-hybridized carbons (Fsp3) is 0.630. The Hall–Kier alpha value is -2.26. The first kappa shape index (κ1) is 29.0. The summed E-state index contributed by atoms with van der Waals surface area (Å²) in [5.74, 6) is 0.108. The molecule has 8 heteroatoms. The van der Waals surface area contributed by atoms with Crippen LogP contribution in [0.25, 0.3) is 6.08 Å². The van der Waals surface area contributed by atoms with Crippen LogP contribution in [-0.4, -0.2) is 49.6 Å². The van der Waals surface area contributed by atoms with Gasteiger partial charge in [0.1, 0.15) is 11.6 Å². The average Bonchev–Trinajstić information content (AvgIpc) is 3.32. The Kier molecular flexibility index (Phi) is 11.9. The second-order valence-electron chi connectivity index (χ2n) is 10.1. The molecular formula is C27H42N2O6. The van der Waals surface area contributed by atoms with E-state index in [1.165, 1.54) is 6.08 Å². The van der Waals surface area contributed by atoms with Gasteiger partial charge in [0.25, 0.3) is 5.91 Å². The van der Waals surface area contributed by atoms with Gasteiger partial charge in [-0.2, -0.15) is 0 Å². The maximum absolute atomic E-state index is 12.9. The van der Waals surface area contributed by atoms with Crippen LogP contribution in [0.2, 0.25) is 0 Å². The Bertz CT molecular complexity index is 817. The van der Waals surface area contributed by atoms with E-state index in [1.54, 1.807) is 13.0 Å². The van der Waals surface area contributed by atoms with Crippen LogP contribution >= 0.6 is 0 Å². The number of carbonyl (C=O) groups excluding carboxylic acids is 2. The van der Waals surface area contributed by atoms with Gasteiger partial charge in [-0.3, -0.25) is 14.9 Å². The van der Waals surface area contributed by atoms with E-state index in [-0.39, 0.29) is 18.0 Å². The first-order chi connectivity index (χ1) is 16.6. The molecule has 1 saturated heterocycles. The van der Waals surface area contributed by atoms with E-state index in [0.717, 1.165) is 17.5 Å². The number of ether oxygens (including phenoxy) is 3. The molecular weight excluding hydrogens is 448 g/mol. The maximum atomic E-state index is 12.9. The molecule has 3 atom stereocenters. The SMILES string of the molecule is CC(C)COC(C)ONC(=O)C=Cc1ccc(CNC(C)(CC(C)C)C(=O)OC2CCOC2)cc1. The molecule has 196 valence electrons. The summed E-state index contributed by atoms with van der Waals surface area (Å²) in [6, 6.07) is 7.78. The molecule has 2 N–H and O–H groups in total. The summed E-state index contributed by atoms with van der Waals surface area (Å²) in [7, 11) is 0. The van der Waals surface area contributed by atoms with Crippen LogP contribution in [0.15, 0.2) is 30.3 Å². The first-order valence-electron chi connectivity index (χ1n) is 12.5. The number of esters is 1. The van der Waals surface area contributed by atoms with E-state index in [4.69, 9.17) is 19.0 Å². The molecule has 1 heterocycles. The minimum Gasteiger partial charge on any atom is -0.458 e. The molecule has 0 aromatic heterocycles. The monoisotopic (exact) mass is 490 g/mol. The van der Waals surface area contributed by atoms with Crippen LogP contribution in [0.3, 0.4) is 0 Å². The molecule has 1 aliphatic heterocycles. The number of hydrogen-bond donors (Lipinski definition) is 2. The van der Waals surface area contributed by atoms with Gasteiger partial charge in [0.05, 0.1) is 19.8 Å². The minimum absolute atomic E-state index is 0.166. The summed E-state index contributed by atoms with van der Waals surface area (Å²) in [5, 5.41) is 3.41. The predicted molar refractivity (Wildman–Crippen MR) is 135 cm³/mol. The maximum Gasteiger partial charge on any atom is 0.326 e. The Morgan fingerprint density at radius 1 is 1.14 bits per heavy atom. The third-order valence-corrected chi connectivity index (χ3v) is 5.51. The summed E-state index contributed by atoms with van der Waals surface area (Å²) < 4.78 is 16.5. The Morgan fingerprint density at radius 2 is 1.86 bits per heavy atom. The summed E-state index contributed by atoms with van der Waals surface area (Å²) in [6.45, 7) is 14.1. The van der Waals surface area contributed by atoms with E-state index >= 15 is 0 Å². The lowest BCUT2D eigenvalue weighted by molar-refractivity contribution is -0.180. The molecule has 0 bridgehead atoms. The van der Waals surface area contributed by atoms with Crippen molar-refractivity contribution in [3.8, 4) is 0 Å². The topological polar surface area (TPSA) is 95.1 Å². The lowest BCUT2D eigenvalue weighted by Crippen LogP contribution is -2.52. The summed E-state index contributed by atoms with van der Waals surface area (Å²) >= 11 is 0. The molecule has 1 fully saturated rings. The molecule has 1 amide bonds. The van der Waals surface area contributed by atoms with E-state index < -0.39 is 11.8 Å². The highest BCUT2D eigenvalue weighted by atomic mass is 16.8. The van der Waals surface area contributed by atoms with E-state index in [2.05, 4.69) is 24.6 Å². The predicted octanol–water partition coefficient (Wildman–Crippen LogP) is 3.99. The van der Waals surface area contributed by atoms with Gasteiger partial charge in [-0.15, -0.1) is 0 Å². The number of hydrogen-bond acceptors (Lipinski definition) is 7. The molecule has 1 aliphatic rings. The minimum atomic E-state index is -0.788. The lowest BCUT2D eigenvalue weighted by Gasteiger charge is -2.31. The third-order valence-electron chi connectivity index (χ3n) is 5.51. The third kappa shape index (κ3) is 10.9. The molecule has 0 spiro atoms. The Labute approximate surface area is 209 Å². The molecule has 1 aromatic carbocycles. The van der Waals surface area contributed by atoms with Gasteiger partial charge in [-0.1, -0.05) is 52.0 Å². The molecule has 0 saturated carbocycles. The zero-order valence-electron chi connectivity index (χ0n) is 22.0. The van der Waals surface area contributed by atoms with Crippen molar-refractivity contribution in [1.82, 2.24) is 10.8 Å². The Balaban J connectivity index is 1.85. The second kappa shape index (κ2) is 14.3. The van der Waals surface area contributed by atoms with Crippen molar-refractivity contribution in [2.24, 2.45) is 11.8 Å². The highest BCUT2D eigenvalue weighted by molar-refractivity contribution is 5.90. The highest BCUT2D eigenvalue weighted by Gasteiger charge is 2.37. The van der Waals surface area contributed by atoms with Gasteiger partial charge < -0.3 is 14.2 Å². The normalized spacial score (nSPS) is 18.7. The molecule has 35 heavy (non-hydrogen) atoms. The van der Waals surface area contributed by atoms with Gasteiger partial charge in [0.15, 0.2) is 6.29 Å². The standard InChI is InChI=1S/C27H42N2O6/c1-19(2)15-27(6,26(31)34-24-13-14-32-18-24)28-16-23-9-7-22(8-10-23)11-12-25(30)29-35-21(5)33-17-20(3)4/h7-12,19-21,24,28H,13-18H2,1-6H3,(H,29,30). The lowest BCUT2D eigenvalue weighted by atomic mass is 9.90. The van der Waals surface area contributed by atoms with Crippen LogP contribution in [0, 0.1) is 11.8 Å². The number of amides is 1. The number of rotatable bonds is 14. The largest absolute Gasteiger partial charge is 0.458 e. The van der Waals surface area contributed by atoms with Crippen molar-refractivity contribution >= 4 is 18.0 Å². The van der Waals surface area contributed by atoms with Crippen molar-refractivity contribution in [2.75, 3.05) is 19.8 Å². The van der Waals surface area contributed by atoms with Gasteiger partial charge in [0.2, 0.25) is 0 Å². The quantitative estimate of drug-likeness (QED) is 0.176. The smallest absolute Gasteiger partial charge is 0.326 e. The average molecular weight is 491 g/mol. The van der Waals surface area contributed by atoms with Crippen molar-refractivity contribution < 1.29 is 28.6 Å². The molecule has 8 nitrogen and oxygen atoms in total. The number of benzene rings is 1. The summed E-state index contributed by atoms with van der Waals surface area (Å²) in [6.07, 6.45) is 3.84. The van der Waals surface area contributed by atoms with Crippen LogP contribution in [0.5, 0.6) is 0 Å². The number of carbonyl (C=O) groups is 2. The molecule has 1 aromatic rings. The van der Waals surface area contributed by atoms with Crippen LogP contribution in [0.4, 0.5) is 0 Å². The van der Waals surface area contributed by atoms with E-state index in [1.807, 2.05) is 45.0 Å². The molecule has 3 unspecified atom stereocenters. The zero-order chi connectivity index (χ0) is 25.8. The summed E-state index contributed by atoms with van der Waals surface area (Å²) in [5.41, 5.74) is 3.48. The van der Waals surface area contributed by atoms with Gasteiger partial charge in [-0.05, 0) is 49.3 Å². The van der Waals surface area contributed by atoms with Crippen LogP contribution in [-0.2, 0) is 35.2 Å². The molecule has 2 rings (SSSR count). The number of nitrogens with one attached hydrogen (secondary N) is 2. The molecule has 0 aliphatic carbocycles. The van der Waals surface area contributed by atoms with Crippen molar-refractivity contribution in [3.63, 3.8) is 0 Å². The van der Waals surface area contributed by atoms with E-state index in [9.17, 15) is 9.59 Å². The fourth-order valence-electron chi connectivity index (χ4n) is 3.68. The van der Waals surface area contributed by atoms with Gasteiger partial charge in [0, 0.05) is 19.0 Å². The van der Waals surface area contributed by atoms with Crippen molar-refractivity contribution in [3.05, 3.63) is 41.5 Å². The highest BCUT2D eigenvalue weighted by Crippen LogP contribution is 2.22. The second-order valence-corrected chi connectivity index (χ2v) is 10.1. The van der Waals surface area contributed by atoms with Crippen LogP contribution < -0.4 is 10.8 Å². The molecule has 0 radical (unpaired) electrons.